The van der Waals surface area contributed by atoms with Crippen LogP contribution in [0, 0.1) is 5.92 Å². The number of likely N-dealkylation sites (tertiary alicyclic amines) is 1. The van der Waals surface area contributed by atoms with Crippen molar-refractivity contribution in [2.24, 2.45) is 5.92 Å². The maximum Gasteiger partial charge on any atom is 0.0701 e. The number of nitrogens with zero attached hydrogens (tertiary/aromatic N) is 1. The van der Waals surface area contributed by atoms with Crippen LogP contribution in [0.15, 0.2) is 15.9 Å². The van der Waals surface area contributed by atoms with Crippen molar-refractivity contribution in [2.45, 2.75) is 25.8 Å². The van der Waals surface area contributed by atoms with Crippen molar-refractivity contribution in [3.63, 3.8) is 0 Å². The van der Waals surface area contributed by atoms with Gasteiger partial charge in [0.2, 0.25) is 0 Å². The van der Waals surface area contributed by atoms with Crippen LogP contribution in [0.1, 0.15) is 30.7 Å². The number of hydrogen-bond acceptors (Lipinski definition) is 3. The van der Waals surface area contributed by atoms with Crippen molar-refractivity contribution in [1.82, 2.24) is 4.90 Å². The molecule has 90 valence electrons. The zero-order valence-electron chi connectivity index (χ0n) is 9.53. The molecule has 0 saturated carbocycles. The van der Waals surface area contributed by atoms with Crippen molar-refractivity contribution < 1.29 is 5.11 Å². The summed E-state index contributed by atoms with van der Waals surface area (Å²) in [5, 5.41) is 9.40. The Hall–Kier alpha value is 0.1000. The van der Waals surface area contributed by atoms with Gasteiger partial charge in [-0.05, 0) is 59.9 Å². The Labute approximate surface area is 109 Å². The highest BCUT2D eigenvalue weighted by molar-refractivity contribution is 9.11. The summed E-state index contributed by atoms with van der Waals surface area (Å²) in [5.41, 5.74) is 0. The first-order valence-corrected chi connectivity index (χ1v) is 7.43. The van der Waals surface area contributed by atoms with Gasteiger partial charge in [0.05, 0.1) is 3.79 Å². The number of rotatable bonds is 4. The second-order valence-electron chi connectivity index (χ2n) is 4.49. The number of aliphatic hydroxyl groups excluding tert-OH is 1. The van der Waals surface area contributed by atoms with Gasteiger partial charge in [-0.3, -0.25) is 4.90 Å². The minimum absolute atomic E-state index is 0.261. The molecule has 0 bridgehead atoms. The third kappa shape index (κ3) is 2.67. The molecule has 0 amide bonds. The molecule has 0 spiro atoms. The minimum Gasteiger partial charge on any atom is -0.396 e. The second-order valence-corrected chi connectivity index (χ2v) is 6.98. The van der Waals surface area contributed by atoms with Crippen molar-refractivity contribution >= 4 is 27.3 Å². The summed E-state index contributed by atoms with van der Waals surface area (Å²) in [6.45, 7) is 4.74. The predicted molar refractivity (Wildman–Crippen MR) is 71.8 cm³/mol. The normalized spacial score (nSPS) is 21.2. The molecule has 2 nitrogen and oxygen atoms in total. The van der Waals surface area contributed by atoms with Crippen LogP contribution in [-0.2, 0) is 0 Å². The Balaban J connectivity index is 2.19. The Kier molecular flexibility index (Phi) is 4.41. The van der Waals surface area contributed by atoms with E-state index in [2.05, 4.69) is 39.9 Å². The molecular weight excluding hydrogens is 286 g/mol. The van der Waals surface area contributed by atoms with E-state index >= 15 is 0 Å². The van der Waals surface area contributed by atoms with Crippen LogP contribution in [0.4, 0.5) is 0 Å². The zero-order chi connectivity index (χ0) is 11.5. The van der Waals surface area contributed by atoms with Crippen molar-refractivity contribution in [2.75, 3.05) is 19.7 Å². The van der Waals surface area contributed by atoms with E-state index in [0.29, 0.717) is 12.0 Å². The number of thiophene rings is 1. The molecule has 1 N–H and O–H groups in total. The van der Waals surface area contributed by atoms with Gasteiger partial charge in [-0.15, -0.1) is 11.3 Å². The Morgan fingerprint density at radius 3 is 2.62 bits per heavy atom. The molecule has 0 aliphatic carbocycles. The fourth-order valence-electron chi connectivity index (χ4n) is 2.43. The predicted octanol–water partition coefficient (Wildman–Crippen LogP) is 3.28. The van der Waals surface area contributed by atoms with E-state index < -0.39 is 0 Å². The largest absolute Gasteiger partial charge is 0.396 e. The van der Waals surface area contributed by atoms with Crippen LogP contribution in [0.5, 0.6) is 0 Å². The monoisotopic (exact) mass is 303 g/mol. The first-order chi connectivity index (χ1) is 7.72. The van der Waals surface area contributed by atoms with Crippen molar-refractivity contribution in [3.8, 4) is 0 Å². The van der Waals surface area contributed by atoms with Gasteiger partial charge >= 0.3 is 0 Å². The molecule has 2 unspecified atom stereocenters. The standard InChI is InChI=1S/C12H18BrNOS/c1-9(8-15)12(14-6-2-3-7-14)10-4-5-11(13)16-10/h4-5,9,12,15H,2-3,6-8H2,1H3. The van der Waals surface area contributed by atoms with E-state index in [1.54, 1.807) is 11.3 Å². The lowest BCUT2D eigenvalue weighted by Gasteiger charge is -2.30. The van der Waals surface area contributed by atoms with Crippen LogP contribution < -0.4 is 0 Å². The highest BCUT2D eigenvalue weighted by Gasteiger charge is 2.28. The highest BCUT2D eigenvalue weighted by Crippen LogP contribution is 2.36. The fraction of sp³-hybridized carbons (Fsp3) is 0.667. The van der Waals surface area contributed by atoms with Crippen LogP contribution in [0.25, 0.3) is 0 Å². The average molecular weight is 304 g/mol. The van der Waals surface area contributed by atoms with Crippen LogP contribution in [-0.4, -0.2) is 29.7 Å². The first kappa shape index (κ1) is 12.6. The van der Waals surface area contributed by atoms with E-state index in [4.69, 9.17) is 0 Å². The lowest BCUT2D eigenvalue weighted by Crippen LogP contribution is -2.31. The summed E-state index contributed by atoms with van der Waals surface area (Å²) in [7, 11) is 0. The van der Waals surface area contributed by atoms with Gasteiger partial charge in [0, 0.05) is 17.5 Å². The lowest BCUT2D eigenvalue weighted by molar-refractivity contribution is 0.128. The van der Waals surface area contributed by atoms with Gasteiger partial charge in [-0.1, -0.05) is 6.92 Å². The Bertz CT molecular complexity index is 336. The first-order valence-electron chi connectivity index (χ1n) is 5.82. The molecule has 1 aliphatic heterocycles. The Morgan fingerprint density at radius 2 is 2.12 bits per heavy atom. The maximum absolute atomic E-state index is 9.40. The van der Waals surface area contributed by atoms with Crippen LogP contribution in [0.2, 0.25) is 0 Å². The average Bonchev–Trinajstić information content (AvgIpc) is 2.91. The van der Waals surface area contributed by atoms with E-state index in [0.717, 1.165) is 0 Å². The molecule has 1 aromatic heterocycles. The number of hydrogen-bond donors (Lipinski definition) is 1. The van der Waals surface area contributed by atoms with Gasteiger partial charge in [0.15, 0.2) is 0 Å². The van der Waals surface area contributed by atoms with Crippen LogP contribution >= 0.6 is 27.3 Å². The van der Waals surface area contributed by atoms with E-state index in [1.807, 2.05) is 0 Å². The summed E-state index contributed by atoms with van der Waals surface area (Å²) in [4.78, 5) is 3.88. The molecule has 0 radical (unpaired) electrons. The van der Waals surface area contributed by atoms with Crippen molar-refractivity contribution in [1.29, 1.82) is 0 Å². The van der Waals surface area contributed by atoms with Gasteiger partial charge in [0.1, 0.15) is 0 Å². The molecular formula is C12H18BrNOS. The maximum atomic E-state index is 9.40. The van der Waals surface area contributed by atoms with Gasteiger partial charge in [0.25, 0.3) is 0 Å². The SMILES string of the molecule is CC(CO)C(c1ccc(Br)s1)N1CCCC1. The fourth-order valence-corrected chi connectivity index (χ4v) is 4.12. The summed E-state index contributed by atoms with van der Waals surface area (Å²) >= 11 is 5.31. The lowest BCUT2D eigenvalue weighted by atomic mass is 10.00. The minimum atomic E-state index is 0.261. The smallest absolute Gasteiger partial charge is 0.0701 e. The zero-order valence-corrected chi connectivity index (χ0v) is 11.9. The molecule has 1 aromatic rings. The van der Waals surface area contributed by atoms with Gasteiger partial charge in [-0.25, -0.2) is 0 Å². The number of aliphatic hydroxyl groups is 1. The van der Waals surface area contributed by atoms with Gasteiger partial charge < -0.3 is 5.11 Å². The summed E-state index contributed by atoms with van der Waals surface area (Å²) in [6, 6.07) is 4.68. The highest BCUT2D eigenvalue weighted by atomic mass is 79.9. The van der Waals surface area contributed by atoms with Crippen molar-refractivity contribution in [3.05, 3.63) is 20.8 Å². The molecule has 0 aromatic carbocycles. The van der Waals surface area contributed by atoms with E-state index in [1.165, 1.54) is 34.6 Å². The van der Waals surface area contributed by atoms with E-state index in [-0.39, 0.29) is 6.61 Å². The molecule has 4 heteroatoms. The molecule has 1 aliphatic rings. The van der Waals surface area contributed by atoms with E-state index in [9.17, 15) is 5.11 Å². The molecule has 2 rings (SSSR count). The third-order valence-corrected chi connectivity index (χ3v) is 4.94. The third-order valence-electron chi connectivity index (χ3n) is 3.25. The summed E-state index contributed by atoms with van der Waals surface area (Å²) in [6.07, 6.45) is 2.59. The molecule has 1 fully saturated rings. The molecule has 16 heavy (non-hydrogen) atoms. The van der Waals surface area contributed by atoms with Crippen LogP contribution in [0.3, 0.4) is 0 Å². The quantitative estimate of drug-likeness (QED) is 0.923. The molecule has 2 heterocycles. The molecule has 1 saturated heterocycles. The topological polar surface area (TPSA) is 23.5 Å². The number of halogens is 1. The summed E-state index contributed by atoms with van der Waals surface area (Å²) < 4.78 is 1.18. The van der Waals surface area contributed by atoms with Gasteiger partial charge in [-0.2, -0.15) is 0 Å². The Morgan fingerprint density at radius 1 is 1.44 bits per heavy atom. The summed E-state index contributed by atoms with van der Waals surface area (Å²) in [5.74, 6) is 0.309. The second kappa shape index (κ2) is 5.63. The molecule has 2 atom stereocenters.